The van der Waals surface area contributed by atoms with Crippen molar-refractivity contribution in [3.8, 4) is 22.9 Å². The number of ketones is 1. The number of hydrogen-bond donors (Lipinski definition) is 3. The number of carbonyl (C=O) groups is 2. The van der Waals surface area contributed by atoms with Crippen LogP contribution in [0.2, 0.25) is 0 Å². The predicted molar refractivity (Wildman–Crippen MR) is 135 cm³/mol. The number of H-pyrrole nitrogens is 1. The number of nitrogens with two attached hydrogens (primary N) is 1. The van der Waals surface area contributed by atoms with Gasteiger partial charge in [0.05, 0.1) is 17.0 Å². The number of nitrogens with zero attached hydrogens (tertiary/aromatic N) is 1. The van der Waals surface area contributed by atoms with Gasteiger partial charge in [-0.3, -0.25) is 14.6 Å². The molecule has 7 nitrogen and oxygen atoms in total. The second-order valence-corrected chi connectivity index (χ2v) is 8.57. The summed E-state index contributed by atoms with van der Waals surface area (Å²) in [5, 5.41) is 2.69. The van der Waals surface area contributed by atoms with Crippen molar-refractivity contribution in [2.24, 2.45) is 5.73 Å². The van der Waals surface area contributed by atoms with E-state index in [4.69, 9.17) is 10.5 Å². The summed E-state index contributed by atoms with van der Waals surface area (Å²) >= 11 is 0. The molecule has 0 aliphatic heterocycles. The van der Waals surface area contributed by atoms with Gasteiger partial charge in [0.1, 0.15) is 28.9 Å². The van der Waals surface area contributed by atoms with Gasteiger partial charge in [0, 0.05) is 50.5 Å². The fraction of sp³-hybridized carbons (Fsp3) is 0.179. The summed E-state index contributed by atoms with van der Waals surface area (Å²) in [4.78, 5) is 31.8. The number of pyridine rings is 1. The number of amides is 1. The first-order chi connectivity index (χ1) is 17.8. The van der Waals surface area contributed by atoms with E-state index in [0.29, 0.717) is 41.4 Å². The number of Topliss-reactive ketones (excluding diaryl/α,β-unsaturated/α-hetero) is 1. The topological polar surface area (TPSA) is 110 Å². The fourth-order valence-electron chi connectivity index (χ4n) is 3.78. The highest BCUT2D eigenvalue weighted by Crippen LogP contribution is 2.27. The van der Waals surface area contributed by atoms with Crippen LogP contribution in [0, 0.1) is 18.6 Å². The molecule has 4 rings (SSSR count). The van der Waals surface area contributed by atoms with Crippen LogP contribution in [0.25, 0.3) is 11.4 Å². The number of aromatic nitrogens is 2. The molecule has 37 heavy (non-hydrogen) atoms. The van der Waals surface area contributed by atoms with Crippen LogP contribution in [0.1, 0.15) is 27.0 Å². The SMILES string of the molecule is Cc1ccc(F)c(CC(=O)Cc2ccc(Oc3ccnc(-c4cc(C(=O)NCCN)c[nH]4)c3)cc2F)c1. The molecule has 9 heteroatoms. The highest BCUT2D eigenvalue weighted by atomic mass is 19.1. The maximum Gasteiger partial charge on any atom is 0.252 e. The van der Waals surface area contributed by atoms with E-state index in [1.165, 1.54) is 24.4 Å². The summed E-state index contributed by atoms with van der Waals surface area (Å²) in [6, 6.07) is 13.7. The van der Waals surface area contributed by atoms with Crippen LogP contribution in [-0.4, -0.2) is 34.7 Å². The molecule has 0 unspecified atom stereocenters. The van der Waals surface area contributed by atoms with Crippen LogP contribution in [0.5, 0.6) is 11.5 Å². The van der Waals surface area contributed by atoms with Gasteiger partial charge in [0.25, 0.3) is 5.91 Å². The monoisotopic (exact) mass is 504 g/mol. The molecule has 1 amide bonds. The molecule has 190 valence electrons. The Morgan fingerprint density at radius 1 is 0.973 bits per heavy atom. The lowest BCUT2D eigenvalue weighted by atomic mass is 10.0. The molecule has 0 aliphatic carbocycles. The molecule has 0 fully saturated rings. The molecule has 0 saturated carbocycles. The summed E-state index contributed by atoms with van der Waals surface area (Å²) < 4.78 is 34.5. The highest BCUT2D eigenvalue weighted by Gasteiger charge is 2.14. The Kier molecular flexibility index (Phi) is 8.05. The molecule has 4 N–H and O–H groups in total. The molecule has 2 aromatic heterocycles. The number of ether oxygens (including phenoxy) is 1. The number of carbonyl (C=O) groups excluding carboxylic acids is 2. The number of nitrogens with one attached hydrogen (secondary N) is 2. The summed E-state index contributed by atoms with van der Waals surface area (Å²) in [7, 11) is 0. The number of aromatic amines is 1. The molecule has 0 aliphatic rings. The van der Waals surface area contributed by atoms with Crippen molar-refractivity contribution >= 4 is 11.7 Å². The largest absolute Gasteiger partial charge is 0.457 e. The molecule has 0 bridgehead atoms. The van der Waals surface area contributed by atoms with Gasteiger partial charge < -0.3 is 20.8 Å². The molecule has 2 heterocycles. The first-order valence-corrected chi connectivity index (χ1v) is 11.7. The van der Waals surface area contributed by atoms with Crippen LogP contribution in [0.4, 0.5) is 8.78 Å². The Balaban J connectivity index is 1.42. The van der Waals surface area contributed by atoms with Crippen molar-refractivity contribution in [1.82, 2.24) is 15.3 Å². The lowest BCUT2D eigenvalue weighted by Crippen LogP contribution is -2.28. The second-order valence-electron chi connectivity index (χ2n) is 8.57. The molecule has 4 aromatic rings. The zero-order valence-corrected chi connectivity index (χ0v) is 20.2. The standard InChI is InChI=1S/C28H26F2N4O3/c1-17-2-5-24(29)19(10-17)12-21(35)11-18-3-4-22(14-25(18)30)37-23-6-8-32-27(15-23)26-13-20(16-34-26)28(36)33-9-7-31/h2-6,8,10,13-16,34H,7,9,11-12,31H2,1H3,(H,33,36). The van der Waals surface area contributed by atoms with E-state index < -0.39 is 11.6 Å². The third-order valence-electron chi connectivity index (χ3n) is 5.62. The molecule has 0 radical (unpaired) electrons. The lowest BCUT2D eigenvalue weighted by Gasteiger charge is -2.09. The molecule has 0 spiro atoms. The molecular formula is C28H26F2N4O3. The van der Waals surface area contributed by atoms with E-state index in [9.17, 15) is 18.4 Å². The minimum Gasteiger partial charge on any atom is -0.457 e. The third kappa shape index (κ3) is 6.65. The molecule has 0 saturated heterocycles. The van der Waals surface area contributed by atoms with Gasteiger partial charge in [-0.05, 0) is 42.3 Å². The van der Waals surface area contributed by atoms with Gasteiger partial charge in [-0.25, -0.2) is 8.78 Å². The predicted octanol–water partition coefficient (Wildman–Crippen LogP) is 4.50. The van der Waals surface area contributed by atoms with Crippen LogP contribution < -0.4 is 15.8 Å². The average molecular weight is 505 g/mol. The third-order valence-corrected chi connectivity index (χ3v) is 5.62. The average Bonchev–Trinajstić information content (AvgIpc) is 3.37. The van der Waals surface area contributed by atoms with Gasteiger partial charge in [0.15, 0.2) is 0 Å². The first kappa shape index (κ1) is 25.7. The maximum atomic E-state index is 14.7. The first-order valence-electron chi connectivity index (χ1n) is 11.7. The summed E-state index contributed by atoms with van der Waals surface area (Å²) in [6.45, 7) is 2.53. The summed E-state index contributed by atoms with van der Waals surface area (Å²) in [6.07, 6.45) is 2.83. The van der Waals surface area contributed by atoms with E-state index >= 15 is 0 Å². The van der Waals surface area contributed by atoms with Gasteiger partial charge >= 0.3 is 0 Å². The minimum atomic E-state index is -0.595. The van der Waals surface area contributed by atoms with Crippen molar-refractivity contribution in [3.63, 3.8) is 0 Å². The Morgan fingerprint density at radius 2 is 1.76 bits per heavy atom. The van der Waals surface area contributed by atoms with Gasteiger partial charge in [-0.1, -0.05) is 23.8 Å². The molecule has 0 atom stereocenters. The molecular weight excluding hydrogens is 478 g/mol. The van der Waals surface area contributed by atoms with Crippen LogP contribution in [0.15, 0.2) is 67.0 Å². The van der Waals surface area contributed by atoms with Crippen LogP contribution in [-0.2, 0) is 17.6 Å². The smallest absolute Gasteiger partial charge is 0.252 e. The Hall–Kier alpha value is -4.37. The van der Waals surface area contributed by atoms with E-state index in [1.54, 1.807) is 42.6 Å². The van der Waals surface area contributed by atoms with Gasteiger partial charge in [-0.15, -0.1) is 0 Å². The highest BCUT2D eigenvalue weighted by molar-refractivity contribution is 5.95. The Bertz CT molecular complexity index is 1430. The van der Waals surface area contributed by atoms with E-state index in [1.807, 2.05) is 6.92 Å². The summed E-state index contributed by atoms with van der Waals surface area (Å²) in [5.74, 6) is -0.945. The van der Waals surface area contributed by atoms with Gasteiger partial charge in [0.2, 0.25) is 0 Å². The normalized spacial score (nSPS) is 10.8. The Labute approximate surface area is 212 Å². The van der Waals surface area contributed by atoms with Crippen molar-refractivity contribution in [2.75, 3.05) is 13.1 Å². The van der Waals surface area contributed by atoms with Crippen molar-refractivity contribution in [1.29, 1.82) is 0 Å². The van der Waals surface area contributed by atoms with Crippen molar-refractivity contribution < 1.29 is 23.1 Å². The van der Waals surface area contributed by atoms with E-state index in [0.717, 1.165) is 5.56 Å². The summed E-state index contributed by atoms with van der Waals surface area (Å²) in [5.41, 5.74) is 8.33. The zero-order valence-electron chi connectivity index (χ0n) is 20.2. The van der Waals surface area contributed by atoms with Gasteiger partial charge in [-0.2, -0.15) is 0 Å². The van der Waals surface area contributed by atoms with E-state index in [-0.39, 0.29) is 35.8 Å². The maximum absolute atomic E-state index is 14.7. The lowest BCUT2D eigenvalue weighted by molar-refractivity contribution is -0.117. The van der Waals surface area contributed by atoms with E-state index in [2.05, 4.69) is 15.3 Å². The van der Waals surface area contributed by atoms with Crippen molar-refractivity contribution in [2.45, 2.75) is 19.8 Å². The fourth-order valence-corrected chi connectivity index (χ4v) is 3.78. The zero-order chi connectivity index (χ0) is 26.4. The number of benzene rings is 2. The number of rotatable bonds is 10. The Morgan fingerprint density at radius 3 is 2.54 bits per heavy atom. The number of halogens is 2. The second kappa shape index (κ2) is 11.6. The number of hydrogen-bond acceptors (Lipinski definition) is 5. The number of aryl methyl sites for hydroxylation is 1. The van der Waals surface area contributed by atoms with Crippen LogP contribution >= 0.6 is 0 Å². The quantitative estimate of drug-likeness (QED) is 0.295. The molecule has 2 aromatic carbocycles. The minimum absolute atomic E-state index is 0.111. The van der Waals surface area contributed by atoms with Crippen LogP contribution in [0.3, 0.4) is 0 Å². The van der Waals surface area contributed by atoms with Crippen molar-refractivity contribution in [3.05, 3.63) is 101 Å².